The van der Waals surface area contributed by atoms with Gasteiger partial charge in [0, 0.05) is 0 Å². The molecule has 0 aliphatic carbocycles. The Kier molecular flexibility index (Phi) is 2.49. The molecule has 1 aliphatic heterocycles. The van der Waals surface area contributed by atoms with Gasteiger partial charge in [0.2, 0.25) is 5.90 Å². The Morgan fingerprint density at radius 1 is 1.83 bits per heavy atom. The standard InChI is InChI=1S/C9H12N2O/c1-6(2)8-5-12-9(11-8)7(3)4-10/h6,8H,3,5H2,1-2H3/t8-/m1/s1. The van der Waals surface area contributed by atoms with Gasteiger partial charge in [0.05, 0.1) is 6.04 Å². The number of aliphatic imine (C=N–C) groups is 1. The smallest absolute Gasteiger partial charge is 0.226 e. The molecule has 0 radical (unpaired) electrons. The fourth-order valence-electron chi connectivity index (χ4n) is 0.944. The van der Waals surface area contributed by atoms with Gasteiger partial charge in [-0.2, -0.15) is 5.26 Å². The number of nitriles is 1. The topological polar surface area (TPSA) is 45.4 Å². The van der Waals surface area contributed by atoms with Crippen molar-refractivity contribution in [2.24, 2.45) is 10.9 Å². The first-order chi connectivity index (χ1) is 5.65. The summed E-state index contributed by atoms with van der Waals surface area (Å²) in [6, 6.07) is 2.10. The van der Waals surface area contributed by atoms with Crippen LogP contribution in [0.4, 0.5) is 0 Å². The van der Waals surface area contributed by atoms with Crippen LogP contribution in [0.2, 0.25) is 0 Å². The van der Waals surface area contributed by atoms with Crippen LogP contribution in [0.1, 0.15) is 13.8 Å². The van der Waals surface area contributed by atoms with Crippen molar-refractivity contribution < 1.29 is 4.74 Å². The van der Waals surface area contributed by atoms with Crippen molar-refractivity contribution in [3.05, 3.63) is 12.2 Å². The van der Waals surface area contributed by atoms with Gasteiger partial charge in [0.1, 0.15) is 18.2 Å². The van der Waals surface area contributed by atoms with Crippen molar-refractivity contribution in [1.29, 1.82) is 5.26 Å². The van der Waals surface area contributed by atoms with Crippen LogP contribution in [-0.4, -0.2) is 18.5 Å². The predicted octanol–water partition coefficient (Wildman–Crippen LogP) is 1.52. The Hall–Kier alpha value is -1.30. The molecule has 1 atom stereocenters. The highest BCUT2D eigenvalue weighted by molar-refractivity contribution is 5.97. The first kappa shape index (κ1) is 8.79. The van der Waals surface area contributed by atoms with Crippen molar-refractivity contribution >= 4 is 5.90 Å². The van der Waals surface area contributed by atoms with Crippen LogP contribution in [0, 0.1) is 17.2 Å². The third kappa shape index (κ3) is 1.65. The van der Waals surface area contributed by atoms with Crippen molar-refractivity contribution in [2.45, 2.75) is 19.9 Å². The van der Waals surface area contributed by atoms with Gasteiger partial charge >= 0.3 is 0 Å². The predicted molar refractivity (Wildman–Crippen MR) is 46.8 cm³/mol. The quantitative estimate of drug-likeness (QED) is 0.581. The molecule has 12 heavy (non-hydrogen) atoms. The number of hydrogen-bond donors (Lipinski definition) is 0. The molecule has 0 aromatic rings. The van der Waals surface area contributed by atoms with Crippen LogP contribution >= 0.6 is 0 Å². The summed E-state index contributed by atoms with van der Waals surface area (Å²) in [6.45, 7) is 8.27. The highest BCUT2D eigenvalue weighted by atomic mass is 16.5. The van der Waals surface area contributed by atoms with E-state index in [-0.39, 0.29) is 6.04 Å². The summed E-state index contributed by atoms with van der Waals surface area (Å²) in [5.74, 6) is 0.866. The molecule has 64 valence electrons. The van der Waals surface area contributed by atoms with Gasteiger partial charge in [-0.25, -0.2) is 4.99 Å². The highest BCUT2D eigenvalue weighted by Gasteiger charge is 2.22. The number of nitrogens with zero attached hydrogens (tertiary/aromatic N) is 2. The van der Waals surface area contributed by atoms with Gasteiger partial charge in [0.25, 0.3) is 0 Å². The van der Waals surface area contributed by atoms with E-state index in [1.807, 2.05) is 6.07 Å². The molecule has 0 amide bonds. The minimum absolute atomic E-state index is 0.185. The van der Waals surface area contributed by atoms with Gasteiger partial charge < -0.3 is 4.74 Å². The average Bonchev–Trinajstić information content (AvgIpc) is 2.51. The molecule has 0 N–H and O–H groups in total. The summed E-state index contributed by atoms with van der Waals surface area (Å²) >= 11 is 0. The van der Waals surface area contributed by atoms with E-state index in [0.29, 0.717) is 24.0 Å². The zero-order valence-electron chi connectivity index (χ0n) is 7.37. The maximum atomic E-state index is 8.51. The maximum Gasteiger partial charge on any atom is 0.226 e. The molecule has 3 heteroatoms. The molecule has 3 nitrogen and oxygen atoms in total. The van der Waals surface area contributed by atoms with E-state index in [0.717, 1.165) is 0 Å². The third-order valence-electron chi connectivity index (χ3n) is 1.84. The summed E-state index contributed by atoms with van der Waals surface area (Å²) in [7, 11) is 0. The molecule has 0 spiro atoms. The lowest BCUT2D eigenvalue weighted by atomic mass is 10.1. The van der Waals surface area contributed by atoms with Crippen molar-refractivity contribution in [1.82, 2.24) is 0 Å². The Morgan fingerprint density at radius 2 is 2.50 bits per heavy atom. The molecule has 0 saturated carbocycles. The van der Waals surface area contributed by atoms with Crippen LogP contribution in [0.3, 0.4) is 0 Å². The van der Waals surface area contributed by atoms with E-state index in [1.54, 1.807) is 0 Å². The van der Waals surface area contributed by atoms with E-state index >= 15 is 0 Å². The third-order valence-corrected chi connectivity index (χ3v) is 1.84. The summed E-state index contributed by atoms with van der Waals surface area (Å²) in [6.07, 6.45) is 0. The minimum Gasteiger partial charge on any atom is -0.475 e. The van der Waals surface area contributed by atoms with Crippen molar-refractivity contribution in [3.8, 4) is 6.07 Å². The Morgan fingerprint density at radius 3 is 2.92 bits per heavy atom. The average molecular weight is 164 g/mol. The SMILES string of the molecule is C=C(C#N)C1=N[C@@H](C(C)C)CO1. The van der Waals surface area contributed by atoms with Crippen molar-refractivity contribution in [3.63, 3.8) is 0 Å². The monoisotopic (exact) mass is 164 g/mol. The van der Waals surface area contributed by atoms with Crippen LogP contribution in [0.15, 0.2) is 17.1 Å². The zero-order valence-corrected chi connectivity index (χ0v) is 7.37. The Bertz CT molecular complexity index is 260. The molecule has 1 aliphatic rings. The molecule has 0 aromatic carbocycles. The molecular formula is C9H12N2O. The van der Waals surface area contributed by atoms with Gasteiger partial charge in [-0.3, -0.25) is 0 Å². The summed E-state index contributed by atoms with van der Waals surface area (Å²) < 4.78 is 5.21. The Balaban J connectivity index is 2.67. The second-order valence-electron chi connectivity index (χ2n) is 3.15. The largest absolute Gasteiger partial charge is 0.475 e. The van der Waals surface area contributed by atoms with Crippen LogP contribution in [0.5, 0.6) is 0 Å². The molecule has 1 heterocycles. The first-order valence-corrected chi connectivity index (χ1v) is 3.95. The normalized spacial score (nSPS) is 21.5. The number of rotatable bonds is 2. The lowest BCUT2D eigenvalue weighted by Gasteiger charge is -2.06. The summed E-state index contributed by atoms with van der Waals surface area (Å²) in [5, 5.41) is 8.51. The second kappa shape index (κ2) is 3.40. The molecule has 0 unspecified atom stereocenters. The lowest BCUT2D eigenvalue weighted by Crippen LogP contribution is -2.13. The minimum atomic E-state index is 0.185. The molecule has 0 aromatic heterocycles. The highest BCUT2D eigenvalue weighted by Crippen LogP contribution is 2.15. The van der Waals surface area contributed by atoms with Crippen LogP contribution in [-0.2, 0) is 4.74 Å². The number of ether oxygens (including phenoxy) is 1. The van der Waals surface area contributed by atoms with Gasteiger partial charge in [0.15, 0.2) is 0 Å². The van der Waals surface area contributed by atoms with E-state index in [4.69, 9.17) is 10.00 Å². The lowest BCUT2D eigenvalue weighted by molar-refractivity contribution is 0.292. The Labute approximate surface area is 72.4 Å². The van der Waals surface area contributed by atoms with Crippen molar-refractivity contribution in [2.75, 3.05) is 6.61 Å². The van der Waals surface area contributed by atoms with E-state index in [2.05, 4.69) is 25.4 Å². The van der Waals surface area contributed by atoms with Crippen LogP contribution in [0.25, 0.3) is 0 Å². The fourth-order valence-corrected chi connectivity index (χ4v) is 0.944. The summed E-state index contributed by atoms with van der Waals surface area (Å²) in [4.78, 5) is 4.23. The number of hydrogen-bond acceptors (Lipinski definition) is 3. The fraction of sp³-hybridized carbons (Fsp3) is 0.556. The molecule has 0 saturated heterocycles. The maximum absolute atomic E-state index is 8.51. The van der Waals surface area contributed by atoms with Gasteiger partial charge in [-0.05, 0) is 5.92 Å². The molecule has 0 bridgehead atoms. The van der Waals surface area contributed by atoms with E-state index in [1.165, 1.54) is 0 Å². The second-order valence-corrected chi connectivity index (χ2v) is 3.15. The molecule has 0 fully saturated rings. The first-order valence-electron chi connectivity index (χ1n) is 3.95. The van der Waals surface area contributed by atoms with E-state index in [9.17, 15) is 0 Å². The summed E-state index contributed by atoms with van der Waals surface area (Å²) in [5.41, 5.74) is 0.318. The molecule has 1 rings (SSSR count). The zero-order chi connectivity index (χ0) is 9.14. The van der Waals surface area contributed by atoms with Gasteiger partial charge in [-0.1, -0.05) is 20.4 Å². The molecular weight excluding hydrogens is 152 g/mol. The van der Waals surface area contributed by atoms with Crippen LogP contribution < -0.4 is 0 Å². The van der Waals surface area contributed by atoms with E-state index < -0.39 is 0 Å². The van der Waals surface area contributed by atoms with Gasteiger partial charge in [-0.15, -0.1) is 0 Å².